The highest BCUT2D eigenvalue weighted by molar-refractivity contribution is 7.13. The maximum atomic E-state index is 5.54. The van der Waals surface area contributed by atoms with Crippen molar-refractivity contribution in [3.8, 4) is 5.75 Å². The molecule has 1 aromatic carbocycles. The van der Waals surface area contributed by atoms with E-state index in [-0.39, 0.29) is 5.54 Å². The van der Waals surface area contributed by atoms with Crippen molar-refractivity contribution in [3.63, 3.8) is 0 Å². The van der Waals surface area contributed by atoms with Gasteiger partial charge in [-0.15, -0.1) is 11.3 Å². The maximum absolute atomic E-state index is 5.54. The molecule has 1 fully saturated rings. The molecule has 1 aromatic heterocycles. The van der Waals surface area contributed by atoms with Crippen LogP contribution in [0.15, 0.2) is 29.6 Å². The molecular formula is C17H23N3OS. The Labute approximate surface area is 136 Å². The number of benzene rings is 1. The second-order valence-corrected chi connectivity index (χ2v) is 7.17. The Balaban J connectivity index is 1.85. The van der Waals surface area contributed by atoms with Crippen molar-refractivity contribution >= 4 is 22.2 Å². The number of methoxy groups -OCH3 is 1. The highest BCUT2D eigenvalue weighted by Gasteiger charge is 2.35. The molecule has 0 aliphatic carbocycles. The zero-order valence-electron chi connectivity index (χ0n) is 13.7. The Morgan fingerprint density at radius 1 is 1.23 bits per heavy atom. The van der Waals surface area contributed by atoms with Crippen LogP contribution in [0.3, 0.4) is 0 Å². The van der Waals surface area contributed by atoms with Crippen LogP contribution < -0.4 is 14.5 Å². The Hall–Kier alpha value is -1.75. The number of thiazole rings is 1. The van der Waals surface area contributed by atoms with Crippen LogP contribution in [0, 0.1) is 6.92 Å². The summed E-state index contributed by atoms with van der Waals surface area (Å²) in [5.41, 5.74) is 2.29. The van der Waals surface area contributed by atoms with Gasteiger partial charge < -0.3 is 14.5 Å². The van der Waals surface area contributed by atoms with Crippen molar-refractivity contribution in [2.24, 2.45) is 0 Å². The van der Waals surface area contributed by atoms with E-state index in [1.165, 1.54) is 5.69 Å². The molecule has 1 aliphatic heterocycles. The van der Waals surface area contributed by atoms with Crippen molar-refractivity contribution in [2.75, 3.05) is 36.5 Å². The first-order valence-electron chi connectivity index (χ1n) is 7.59. The van der Waals surface area contributed by atoms with E-state index in [1.807, 2.05) is 12.1 Å². The molecule has 118 valence electrons. The standard InChI is InChI=1S/C17H23N3OS/c1-13-11-22-16(18-13)19-9-10-20(17(2,3)12-19)14-7-5-6-8-15(14)21-4/h5-8,11H,9-10,12H2,1-4H3. The zero-order valence-corrected chi connectivity index (χ0v) is 14.5. The van der Waals surface area contributed by atoms with E-state index in [1.54, 1.807) is 18.4 Å². The molecule has 0 radical (unpaired) electrons. The van der Waals surface area contributed by atoms with Gasteiger partial charge in [0.25, 0.3) is 0 Å². The number of aryl methyl sites for hydroxylation is 1. The summed E-state index contributed by atoms with van der Waals surface area (Å²) in [4.78, 5) is 9.47. The first-order chi connectivity index (χ1) is 10.5. The van der Waals surface area contributed by atoms with Gasteiger partial charge in [-0.1, -0.05) is 12.1 Å². The number of nitrogens with zero attached hydrogens (tertiary/aromatic N) is 3. The third-order valence-corrected chi connectivity index (χ3v) is 5.17. The number of piperazine rings is 1. The summed E-state index contributed by atoms with van der Waals surface area (Å²) in [7, 11) is 1.74. The average Bonchev–Trinajstić information content (AvgIpc) is 2.93. The number of hydrogen-bond donors (Lipinski definition) is 0. The predicted molar refractivity (Wildman–Crippen MR) is 93.5 cm³/mol. The number of anilines is 2. The van der Waals surface area contributed by atoms with Crippen LogP contribution in [0.2, 0.25) is 0 Å². The van der Waals surface area contributed by atoms with Crippen LogP contribution in [-0.4, -0.2) is 37.3 Å². The highest BCUT2D eigenvalue weighted by atomic mass is 32.1. The van der Waals surface area contributed by atoms with Crippen LogP contribution in [0.1, 0.15) is 19.5 Å². The lowest BCUT2D eigenvalue weighted by atomic mass is 9.97. The molecule has 0 spiro atoms. The highest BCUT2D eigenvalue weighted by Crippen LogP contribution is 2.36. The fourth-order valence-electron chi connectivity index (χ4n) is 3.10. The molecule has 0 N–H and O–H groups in total. The SMILES string of the molecule is COc1ccccc1N1CCN(c2nc(C)cs2)CC1(C)C. The number of ether oxygens (including phenoxy) is 1. The normalized spacial score (nSPS) is 17.6. The molecule has 3 rings (SSSR count). The molecule has 0 unspecified atom stereocenters. The smallest absolute Gasteiger partial charge is 0.185 e. The maximum Gasteiger partial charge on any atom is 0.185 e. The minimum atomic E-state index is 0.0203. The molecule has 0 amide bonds. The molecule has 2 aromatic rings. The van der Waals surface area contributed by atoms with E-state index in [0.717, 1.165) is 36.2 Å². The van der Waals surface area contributed by atoms with E-state index in [2.05, 4.69) is 53.1 Å². The molecule has 1 saturated heterocycles. The molecule has 4 nitrogen and oxygen atoms in total. The molecule has 0 saturated carbocycles. The Kier molecular flexibility index (Phi) is 4.00. The minimum Gasteiger partial charge on any atom is -0.495 e. The quantitative estimate of drug-likeness (QED) is 0.865. The van der Waals surface area contributed by atoms with E-state index in [9.17, 15) is 0 Å². The van der Waals surface area contributed by atoms with Gasteiger partial charge in [-0.2, -0.15) is 0 Å². The minimum absolute atomic E-state index is 0.0203. The topological polar surface area (TPSA) is 28.6 Å². The van der Waals surface area contributed by atoms with Gasteiger partial charge in [-0.05, 0) is 32.9 Å². The number of hydrogen-bond acceptors (Lipinski definition) is 5. The predicted octanol–water partition coefficient (Wildman–Crippen LogP) is 3.57. The Morgan fingerprint density at radius 3 is 2.64 bits per heavy atom. The van der Waals surface area contributed by atoms with Crippen LogP contribution in [0.5, 0.6) is 5.75 Å². The second-order valence-electron chi connectivity index (χ2n) is 6.33. The first-order valence-corrected chi connectivity index (χ1v) is 8.47. The van der Waals surface area contributed by atoms with Crippen molar-refractivity contribution in [1.29, 1.82) is 0 Å². The molecule has 0 atom stereocenters. The van der Waals surface area contributed by atoms with Crippen LogP contribution in [0.4, 0.5) is 10.8 Å². The van der Waals surface area contributed by atoms with Crippen molar-refractivity contribution < 1.29 is 4.74 Å². The first kappa shape index (κ1) is 15.2. The van der Waals surface area contributed by atoms with Crippen LogP contribution >= 0.6 is 11.3 Å². The third-order valence-electron chi connectivity index (χ3n) is 4.16. The molecule has 22 heavy (non-hydrogen) atoms. The largest absolute Gasteiger partial charge is 0.495 e. The van der Waals surface area contributed by atoms with Gasteiger partial charge in [0.15, 0.2) is 5.13 Å². The molecular weight excluding hydrogens is 294 g/mol. The van der Waals surface area contributed by atoms with Crippen molar-refractivity contribution in [2.45, 2.75) is 26.3 Å². The van der Waals surface area contributed by atoms with Gasteiger partial charge >= 0.3 is 0 Å². The van der Waals surface area contributed by atoms with Crippen molar-refractivity contribution in [1.82, 2.24) is 4.98 Å². The average molecular weight is 317 g/mol. The molecule has 1 aliphatic rings. The Morgan fingerprint density at radius 2 is 2.00 bits per heavy atom. The third kappa shape index (κ3) is 2.77. The summed E-state index contributed by atoms with van der Waals surface area (Å²) in [5, 5.41) is 3.25. The van der Waals surface area contributed by atoms with Gasteiger partial charge in [0.05, 0.1) is 24.0 Å². The monoisotopic (exact) mass is 317 g/mol. The van der Waals surface area contributed by atoms with E-state index in [0.29, 0.717) is 0 Å². The number of para-hydroxylation sites is 2. The zero-order chi connectivity index (χ0) is 15.7. The van der Waals surface area contributed by atoms with Crippen LogP contribution in [0.25, 0.3) is 0 Å². The van der Waals surface area contributed by atoms with Gasteiger partial charge in [0, 0.05) is 25.0 Å². The molecule has 0 bridgehead atoms. The summed E-state index contributed by atoms with van der Waals surface area (Å²) in [6, 6.07) is 8.26. The van der Waals surface area contributed by atoms with Crippen molar-refractivity contribution in [3.05, 3.63) is 35.3 Å². The van der Waals surface area contributed by atoms with E-state index >= 15 is 0 Å². The summed E-state index contributed by atoms with van der Waals surface area (Å²) in [5.74, 6) is 0.939. The molecule has 5 heteroatoms. The summed E-state index contributed by atoms with van der Waals surface area (Å²) < 4.78 is 5.54. The van der Waals surface area contributed by atoms with E-state index < -0.39 is 0 Å². The lowest BCUT2D eigenvalue weighted by Gasteiger charge is -2.48. The van der Waals surface area contributed by atoms with Gasteiger partial charge in [-0.3, -0.25) is 0 Å². The fraction of sp³-hybridized carbons (Fsp3) is 0.471. The lowest BCUT2D eigenvalue weighted by molar-refractivity contribution is 0.389. The van der Waals surface area contributed by atoms with E-state index in [4.69, 9.17) is 4.74 Å². The fourth-order valence-corrected chi connectivity index (χ4v) is 3.93. The number of rotatable bonds is 3. The van der Waals surface area contributed by atoms with Gasteiger partial charge in [0.1, 0.15) is 5.75 Å². The van der Waals surface area contributed by atoms with Crippen LogP contribution in [-0.2, 0) is 0 Å². The lowest BCUT2D eigenvalue weighted by Crippen LogP contribution is -2.59. The van der Waals surface area contributed by atoms with Gasteiger partial charge in [0.2, 0.25) is 0 Å². The second kappa shape index (κ2) is 5.80. The summed E-state index contributed by atoms with van der Waals surface area (Å²) >= 11 is 1.73. The summed E-state index contributed by atoms with van der Waals surface area (Å²) in [6.45, 7) is 9.52. The Bertz CT molecular complexity index is 653. The van der Waals surface area contributed by atoms with Gasteiger partial charge in [-0.25, -0.2) is 4.98 Å². The number of aromatic nitrogens is 1. The molecule has 2 heterocycles. The summed E-state index contributed by atoms with van der Waals surface area (Å²) in [6.07, 6.45) is 0.